The zero-order valence-corrected chi connectivity index (χ0v) is 18.0. The van der Waals surface area contributed by atoms with Crippen LogP contribution in [0.1, 0.15) is 23.4 Å². The lowest BCUT2D eigenvalue weighted by Gasteiger charge is -2.09. The molecular weight excluding hydrogens is 402 g/mol. The lowest BCUT2D eigenvalue weighted by molar-refractivity contribution is 0.195. The fraction of sp³-hybridized carbons (Fsp3) is 0.208. The van der Waals surface area contributed by atoms with Crippen LogP contribution in [0, 0.1) is 18.3 Å². The summed E-state index contributed by atoms with van der Waals surface area (Å²) in [5.74, 6) is 1.20. The molecule has 4 rings (SSSR count). The number of methoxy groups -OCH3 is 1. The molecule has 0 fully saturated rings. The maximum Gasteiger partial charge on any atom is 0.227 e. The highest BCUT2D eigenvalue weighted by molar-refractivity contribution is 5.65. The minimum Gasteiger partial charge on any atom is -0.385 e. The van der Waals surface area contributed by atoms with Gasteiger partial charge in [0.15, 0.2) is 0 Å². The monoisotopic (exact) mass is 425 g/mol. The molecule has 160 valence electrons. The predicted octanol–water partition coefficient (Wildman–Crippen LogP) is 4.23. The molecular formula is C24H23N7O. The molecule has 8 nitrogen and oxygen atoms in total. The number of rotatable bonds is 8. The summed E-state index contributed by atoms with van der Waals surface area (Å²) in [7, 11) is 1.69. The van der Waals surface area contributed by atoms with E-state index < -0.39 is 0 Å². The van der Waals surface area contributed by atoms with Crippen LogP contribution in [0.15, 0.2) is 61.1 Å². The summed E-state index contributed by atoms with van der Waals surface area (Å²) in [5.41, 5.74) is 5.11. The summed E-state index contributed by atoms with van der Waals surface area (Å²) >= 11 is 0. The topological polar surface area (TPSA) is 102 Å². The maximum atomic E-state index is 9.43. The van der Waals surface area contributed by atoms with Crippen molar-refractivity contribution in [3.05, 3.63) is 78.0 Å². The Labute approximate surface area is 186 Å². The fourth-order valence-electron chi connectivity index (χ4n) is 3.35. The lowest BCUT2D eigenvalue weighted by Crippen LogP contribution is -2.00. The van der Waals surface area contributed by atoms with E-state index in [0.29, 0.717) is 18.1 Å². The molecule has 2 heterocycles. The molecule has 4 aromatic rings. The van der Waals surface area contributed by atoms with Crippen LogP contribution in [0.2, 0.25) is 0 Å². The van der Waals surface area contributed by atoms with E-state index in [1.165, 1.54) is 0 Å². The maximum absolute atomic E-state index is 9.43. The second-order valence-corrected chi connectivity index (χ2v) is 7.30. The number of aryl methyl sites for hydroxylation is 2. The van der Waals surface area contributed by atoms with Crippen molar-refractivity contribution in [3.63, 3.8) is 0 Å². The molecule has 0 aliphatic carbocycles. The Morgan fingerprint density at radius 1 is 1.09 bits per heavy atom. The number of benzene rings is 2. The summed E-state index contributed by atoms with van der Waals surface area (Å²) in [6.07, 6.45) is 5.12. The van der Waals surface area contributed by atoms with Gasteiger partial charge in [-0.3, -0.25) is 0 Å². The predicted molar refractivity (Wildman–Crippen MR) is 122 cm³/mol. The van der Waals surface area contributed by atoms with Crippen molar-refractivity contribution < 1.29 is 4.74 Å². The number of nitrogens with zero attached hydrogens (tertiary/aromatic N) is 6. The molecule has 0 aliphatic rings. The Kier molecular flexibility index (Phi) is 6.49. The van der Waals surface area contributed by atoms with E-state index in [4.69, 9.17) is 4.74 Å². The number of hydrogen-bond acceptors (Lipinski definition) is 7. The van der Waals surface area contributed by atoms with Crippen molar-refractivity contribution in [2.24, 2.45) is 0 Å². The van der Waals surface area contributed by atoms with Crippen molar-refractivity contribution in [1.82, 2.24) is 24.7 Å². The average molecular weight is 425 g/mol. The fourth-order valence-corrected chi connectivity index (χ4v) is 3.35. The molecule has 0 amide bonds. The number of nitrogens with one attached hydrogen (secondary N) is 1. The van der Waals surface area contributed by atoms with Crippen molar-refractivity contribution in [2.45, 2.75) is 19.8 Å². The summed E-state index contributed by atoms with van der Waals surface area (Å²) in [5, 5.41) is 17.0. The van der Waals surface area contributed by atoms with Gasteiger partial charge in [-0.2, -0.15) is 10.4 Å². The average Bonchev–Trinajstić information content (AvgIpc) is 3.26. The first-order valence-corrected chi connectivity index (χ1v) is 10.3. The van der Waals surface area contributed by atoms with Gasteiger partial charge < -0.3 is 10.1 Å². The highest BCUT2D eigenvalue weighted by atomic mass is 16.5. The molecule has 0 spiro atoms. The first-order valence-electron chi connectivity index (χ1n) is 10.3. The van der Waals surface area contributed by atoms with Crippen LogP contribution in [0.4, 0.5) is 11.6 Å². The van der Waals surface area contributed by atoms with Crippen molar-refractivity contribution >= 4 is 11.6 Å². The standard InChI is InChI=1S/C24H23N7O/c1-17-27-16-31(30-17)22-7-5-21(6-8-22)28-24-26-10-9-23(29-24)20-13-18(4-3-11-32-2)12-19(14-20)15-25/h5-10,12-14,16H,3-4,11H2,1-2H3,(H,26,28,29). The Bertz CT molecular complexity index is 1240. The number of hydrogen-bond donors (Lipinski definition) is 1. The third-order valence-corrected chi connectivity index (χ3v) is 4.88. The van der Waals surface area contributed by atoms with E-state index in [-0.39, 0.29) is 0 Å². The van der Waals surface area contributed by atoms with Crippen molar-refractivity contribution in [1.29, 1.82) is 5.26 Å². The molecule has 8 heteroatoms. The Morgan fingerprint density at radius 3 is 2.66 bits per heavy atom. The number of aromatic nitrogens is 5. The second kappa shape index (κ2) is 9.81. The molecule has 0 aliphatic heterocycles. The van der Waals surface area contributed by atoms with Gasteiger partial charge >= 0.3 is 0 Å². The first-order chi connectivity index (χ1) is 15.6. The minimum atomic E-state index is 0.482. The van der Waals surface area contributed by atoms with Gasteiger partial charge in [0, 0.05) is 31.2 Å². The van der Waals surface area contributed by atoms with Gasteiger partial charge in [0.05, 0.1) is 23.0 Å². The largest absolute Gasteiger partial charge is 0.385 e. The van der Waals surface area contributed by atoms with Gasteiger partial charge in [-0.15, -0.1) is 0 Å². The number of ether oxygens (including phenoxy) is 1. The molecule has 0 atom stereocenters. The van der Waals surface area contributed by atoms with Gasteiger partial charge in [-0.05, 0) is 73.9 Å². The van der Waals surface area contributed by atoms with E-state index in [1.54, 1.807) is 24.3 Å². The van der Waals surface area contributed by atoms with E-state index >= 15 is 0 Å². The van der Waals surface area contributed by atoms with Gasteiger partial charge in [0.1, 0.15) is 12.2 Å². The third-order valence-electron chi connectivity index (χ3n) is 4.88. The minimum absolute atomic E-state index is 0.482. The Hall–Kier alpha value is -4.09. The third kappa shape index (κ3) is 5.14. The summed E-state index contributed by atoms with van der Waals surface area (Å²) < 4.78 is 6.86. The SMILES string of the molecule is COCCCc1cc(C#N)cc(-c2ccnc(Nc3ccc(-n4cnc(C)n4)cc3)n2)c1. The molecule has 0 saturated heterocycles. The van der Waals surface area contributed by atoms with E-state index in [9.17, 15) is 5.26 Å². The van der Waals surface area contributed by atoms with E-state index in [2.05, 4.69) is 37.5 Å². The van der Waals surface area contributed by atoms with Gasteiger partial charge in [-0.25, -0.2) is 19.6 Å². The van der Waals surface area contributed by atoms with E-state index in [0.717, 1.165) is 46.9 Å². The normalized spacial score (nSPS) is 10.7. The molecule has 0 unspecified atom stereocenters. The second-order valence-electron chi connectivity index (χ2n) is 7.30. The Balaban J connectivity index is 1.53. The van der Waals surface area contributed by atoms with Crippen LogP contribution in [0.3, 0.4) is 0 Å². The first kappa shape index (κ1) is 21.2. The summed E-state index contributed by atoms with van der Waals surface area (Å²) in [6.45, 7) is 2.54. The van der Waals surface area contributed by atoms with Crippen LogP contribution in [0.25, 0.3) is 16.9 Å². The summed E-state index contributed by atoms with van der Waals surface area (Å²) in [4.78, 5) is 13.1. The smallest absolute Gasteiger partial charge is 0.227 e. The van der Waals surface area contributed by atoms with Crippen LogP contribution in [-0.4, -0.2) is 38.4 Å². The van der Waals surface area contributed by atoms with Crippen molar-refractivity contribution in [3.8, 4) is 23.0 Å². The van der Waals surface area contributed by atoms with Crippen molar-refractivity contribution in [2.75, 3.05) is 19.0 Å². The molecule has 32 heavy (non-hydrogen) atoms. The Morgan fingerprint density at radius 2 is 1.94 bits per heavy atom. The highest BCUT2D eigenvalue weighted by Gasteiger charge is 2.08. The molecule has 1 N–H and O–H groups in total. The summed E-state index contributed by atoms with van der Waals surface area (Å²) in [6, 6.07) is 17.7. The highest BCUT2D eigenvalue weighted by Crippen LogP contribution is 2.23. The number of nitriles is 1. The van der Waals surface area contributed by atoms with Crippen LogP contribution < -0.4 is 5.32 Å². The van der Waals surface area contributed by atoms with E-state index in [1.807, 2.05) is 49.4 Å². The van der Waals surface area contributed by atoms with Gasteiger partial charge in [0.2, 0.25) is 5.95 Å². The molecule has 2 aromatic carbocycles. The lowest BCUT2D eigenvalue weighted by atomic mass is 10.0. The van der Waals surface area contributed by atoms with Gasteiger partial charge in [0.25, 0.3) is 0 Å². The quantitative estimate of drug-likeness (QED) is 0.422. The molecule has 2 aromatic heterocycles. The zero-order valence-electron chi connectivity index (χ0n) is 18.0. The molecule has 0 radical (unpaired) electrons. The number of anilines is 2. The zero-order chi connectivity index (χ0) is 22.3. The van der Waals surface area contributed by atoms with Gasteiger partial charge in [-0.1, -0.05) is 0 Å². The van der Waals surface area contributed by atoms with Crippen LogP contribution in [-0.2, 0) is 11.2 Å². The molecule has 0 saturated carbocycles. The molecule has 0 bridgehead atoms. The van der Waals surface area contributed by atoms with Crippen LogP contribution in [0.5, 0.6) is 0 Å². The van der Waals surface area contributed by atoms with Crippen LogP contribution >= 0.6 is 0 Å².